The van der Waals surface area contributed by atoms with E-state index in [-0.39, 0.29) is 17.2 Å². The highest BCUT2D eigenvalue weighted by Crippen LogP contribution is 2.60. The maximum Gasteiger partial charge on any atom is 0.232 e. The topological polar surface area (TPSA) is 84.2 Å². The number of amides is 2. The zero-order chi connectivity index (χ0) is 19.3. The molecule has 6 rings (SSSR count). The Balaban J connectivity index is 1.27. The molecule has 4 bridgehead atoms. The number of hydrogen-bond donors (Lipinski definition) is 2. The summed E-state index contributed by atoms with van der Waals surface area (Å²) in [5.74, 6) is 3.63. The molecule has 2 aromatic rings. The molecule has 148 valence electrons. The minimum atomic E-state index is -0.170. The number of anilines is 1. The van der Waals surface area contributed by atoms with Gasteiger partial charge in [0, 0.05) is 12.3 Å². The van der Waals surface area contributed by atoms with Crippen molar-refractivity contribution in [1.29, 1.82) is 0 Å². The summed E-state index contributed by atoms with van der Waals surface area (Å²) in [5.41, 5.74) is 0.538. The van der Waals surface area contributed by atoms with Crippen LogP contribution in [0.5, 0.6) is 0 Å². The van der Waals surface area contributed by atoms with Gasteiger partial charge in [-0.2, -0.15) is 0 Å². The number of aromatic nitrogens is 1. The fraction of sp³-hybridized carbons (Fsp3) is 0.571. The molecule has 4 aliphatic carbocycles. The quantitative estimate of drug-likeness (QED) is 0.789. The highest BCUT2D eigenvalue weighted by Gasteiger charge is 2.54. The van der Waals surface area contributed by atoms with E-state index in [1.807, 2.05) is 17.5 Å². The molecule has 0 aromatic carbocycles. The second kappa shape index (κ2) is 6.72. The van der Waals surface area contributed by atoms with Gasteiger partial charge in [0.1, 0.15) is 11.5 Å². The molecule has 4 saturated carbocycles. The van der Waals surface area contributed by atoms with Gasteiger partial charge in [0.05, 0.1) is 12.0 Å². The van der Waals surface area contributed by atoms with Gasteiger partial charge in [-0.3, -0.25) is 9.59 Å². The third kappa shape index (κ3) is 3.26. The number of nitrogens with one attached hydrogen (secondary N) is 2. The third-order valence-electron chi connectivity index (χ3n) is 6.67. The normalized spacial score (nSPS) is 30.4. The number of rotatable bonds is 5. The Morgan fingerprint density at radius 1 is 1.18 bits per heavy atom. The van der Waals surface area contributed by atoms with Crippen LogP contribution in [0.1, 0.15) is 51.2 Å². The highest BCUT2D eigenvalue weighted by molar-refractivity contribution is 7.14. The van der Waals surface area contributed by atoms with Crippen LogP contribution in [-0.4, -0.2) is 16.8 Å². The average molecular weight is 400 g/mol. The summed E-state index contributed by atoms with van der Waals surface area (Å²) in [6.07, 6.45) is 7.13. The second-order valence-electron chi connectivity index (χ2n) is 8.87. The molecule has 2 amide bonds. The van der Waals surface area contributed by atoms with Gasteiger partial charge in [-0.25, -0.2) is 4.98 Å². The molecule has 2 aromatic heterocycles. The van der Waals surface area contributed by atoms with Gasteiger partial charge in [0.25, 0.3) is 0 Å². The Hall–Kier alpha value is -2.15. The molecule has 4 fully saturated rings. The van der Waals surface area contributed by atoms with Crippen LogP contribution in [0.25, 0.3) is 11.5 Å². The van der Waals surface area contributed by atoms with Crippen molar-refractivity contribution in [1.82, 2.24) is 10.3 Å². The maximum atomic E-state index is 13.2. The molecule has 0 radical (unpaired) electrons. The van der Waals surface area contributed by atoms with Crippen LogP contribution >= 0.6 is 11.3 Å². The highest BCUT2D eigenvalue weighted by atomic mass is 32.1. The molecule has 2 N–H and O–H groups in total. The van der Waals surface area contributed by atoms with Gasteiger partial charge in [0.15, 0.2) is 10.9 Å². The lowest BCUT2D eigenvalue weighted by Gasteiger charge is -2.55. The first-order valence-corrected chi connectivity index (χ1v) is 11.0. The first kappa shape index (κ1) is 17.9. The SMILES string of the molecule is CC(=O)NCc1ccc(-c2csc(NC(=O)C34CC5CC(CC(C5)C3)C4)n2)o1. The van der Waals surface area contributed by atoms with Gasteiger partial charge in [-0.05, 0) is 68.4 Å². The summed E-state index contributed by atoms with van der Waals surface area (Å²) in [7, 11) is 0. The molecule has 0 atom stereocenters. The number of furan rings is 1. The Labute approximate surface area is 168 Å². The van der Waals surface area contributed by atoms with E-state index in [0.29, 0.717) is 28.9 Å². The molecule has 28 heavy (non-hydrogen) atoms. The molecule has 7 heteroatoms. The molecule has 0 unspecified atom stereocenters. The van der Waals surface area contributed by atoms with E-state index in [2.05, 4.69) is 15.6 Å². The summed E-state index contributed by atoms with van der Waals surface area (Å²) >= 11 is 1.43. The number of carbonyl (C=O) groups excluding carboxylic acids is 2. The Morgan fingerprint density at radius 3 is 2.50 bits per heavy atom. The van der Waals surface area contributed by atoms with Gasteiger partial charge >= 0.3 is 0 Å². The fourth-order valence-corrected chi connectivity index (χ4v) is 6.58. The number of thiazole rings is 1. The Kier molecular flexibility index (Phi) is 4.30. The van der Waals surface area contributed by atoms with Gasteiger partial charge < -0.3 is 15.1 Å². The van der Waals surface area contributed by atoms with Crippen LogP contribution in [0, 0.1) is 23.2 Å². The van der Waals surface area contributed by atoms with Crippen molar-refractivity contribution >= 4 is 28.3 Å². The lowest BCUT2D eigenvalue weighted by Crippen LogP contribution is -2.51. The van der Waals surface area contributed by atoms with E-state index in [9.17, 15) is 9.59 Å². The van der Waals surface area contributed by atoms with Crippen molar-refractivity contribution in [3.8, 4) is 11.5 Å². The zero-order valence-electron chi connectivity index (χ0n) is 16.0. The van der Waals surface area contributed by atoms with Gasteiger partial charge in [-0.15, -0.1) is 11.3 Å². The van der Waals surface area contributed by atoms with Crippen molar-refractivity contribution < 1.29 is 14.0 Å². The second-order valence-corrected chi connectivity index (χ2v) is 9.72. The van der Waals surface area contributed by atoms with Gasteiger partial charge in [-0.1, -0.05) is 0 Å². The van der Waals surface area contributed by atoms with E-state index >= 15 is 0 Å². The Morgan fingerprint density at radius 2 is 1.86 bits per heavy atom. The van der Waals surface area contributed by atoms with Crippen molar-refractivity contribution in [3.63, 3.8) is 0 Å². The van der Waals surface area contributed by atoms with E-state index < -0.39 is 0 Å². The van der Waals surface area contributed by atoms with Crippen LogP contribution in [0.2, 0.25) is 0 Å². The standard InChI is InChI=1S/C21H25N3O3S/c1-12(25)22-10-16-2-3-18(27-16)17-11-28-20(23-17)24-19(26)21-7-13-4-14(8-21)6-15(5-13)9-21/h2-3,11,13-15H,4-10H2,1H3,(H,22,25)(H,23,24,26). The van der Waals surface area contributed by atoms with E-state index in [4.69, 9.17) is 4.42 Å². The predicted octanol–water partition coefficient (Wildman–Crippen LogP) is 4.19. The van der Waals surface area contributed by atoms with E-state index in [1.165, 1.54) is 37.5 Å². The van der Waals surface area contributed by atoms with Crippen molar-refractivity contribution in [2.45, 2.75) is 52.0 Å². The molecule has 0 saturated heterocycles. The molecule has 2 heterocycles. The zero-order valence-corrected chi connectivity index (χ0v) is 16.8. The van der Waals surface area contributed by atoms with E-state index in [0.717, 1.165) is 37.0 Å². The van der Waals surface area contributed by atoms with Crippen molar-refractivity contribution in [2.75, 3.05) is 5.32 Å². The summed E-state index contributed by atoms with van der Waals surface area (Å²) in [5, 5.41) is 8.35. The lowest BCUT2D eigenvalue weighted by molar-refractivity contribution is -0.140. The van der Waals surface area contributed by atoms with Crippen molar-refractivity contribution in [2.24, 2.45) is 23.2 Å². The third-order valence-corrected chi connectivity index (χ3v) is 7.43. The molecular weight excluding hydrogens is 374 g/mol. The molecular formula is C21H25N3O3S. The number of nitrogens with zero attached hydrogens (tertiary/aromatic N) is 1. The largest absolute Gasteiger partial charge is 0.458 e. The van der Waals surface area contributed by atoms with E-state index in [1.54, 1.807) is 0 Å². The van der Waals surface area contributed by atoms with Crippen LogP contribution in [0.3, 0.4) is 0 Å². The van der Waals surface area contributed by atoms with Crippen molar-refractivity contribution in [3.05, 3.63) is 23.3 Å². The summed E-state index contributed by atoms with van der Waals surface area (Å²) in [6.45, 7) is 1.83. The summed E-state index contributed by atoms with van der Waals surface area (Å²) in [4.78, 5) is 28.7. The minimum absolute atomic E-state index is 0.0960. The Bertz CT molecular complexity index is 880. The lowest BCUT2D eigenvalue weighted by atomic mass is 9.49. The van der Waals surface area contributed by atoms with Crippen LogP contribution in [-0.2, 0) is 16.1 Å². The smallest absolute Gasteiger partial charge is 0.232 e. The predicted molar refractivity (Wildman–Crippen MR) is 107 cm³/mol. The van der Waals surface area contributed by atoms with Crippen LogP contribution in [0.15, 0.2) is 21.9 Å². The maximum absolute atomic E-state index is 13.2. The molecule has 4 aliphatic rings. The summed E-state index contributed by atoms with van der Waals surface area (Å²) in [6, 6.07) is 3.68. The molecule has 6 nitrogen and oxygen atoms in total. The summed E-state index contributed by atoms with van der Waals surface area (Å²) < 4.78 is 5.76. The first-order chi connectivity index (χ1) is 13.5. The van der Waals surface area contributed by atoms with Crippen LogP contribution < -0.4 is 10.6 Å². The number of hydrogen-bond acceptors (Lipinski definition) is 5. The van der Waals surface area contributed by atoms with Gasteiger partial charge in [0.2, 0.25) is 11.8 Å². The first-order valence-electron chi connectivity index (χ1n) is 10.1. The average Bonchev–Trinajstić information content (AvgIpc) is 3.28. The minimum Gasteiger partial charge on any atom is -0.458 e. The monoisotopic (exact) mass is 399 g/mol. The van der Waals surface area contributed by atoms with Crippen LogP contribution in [0.4, 0.5) is 5.13 Å². The fourth-order valence-electron chi connectivity index (χ4n) is 5.88. The number of carbonyl (C=O) groups is 2. The molecule has 0 aliphatic heterocycles. The molecule has 0 spiro atoms.